The van der Waals surface area contributed by atoms with Gasteiger partial charge in [0.05, 0.1) is 23.6 Å². The minimum Gasteiger partial charge on any atom is -0.357 e. The summed E-state index contributed by atoms with van der Waals surface area (Å²) in [6.45, 7) is 5.62. The van der Waals surface area contributed by atoms with Gasteiger partial charge in [-0.3, -0.25) is 14.4 Å². The van der Waals surface area contributed by atoms with Crippen molar-refractivity contribution in [1.29, 1.82) is 0 Å². The third-order valence-corrected chi connectivity index (χ3v) is 8.65. The number of fused-ring (bicyclic) bond motifs is 1. The summed E-state index contributed by atoms with van der Waals surface area (Å²) in [5.41, 5.74) is 2.73. The maximum atomic E-state index is 13.0. The molecule has 4 heterocycles. The lowest BCUT2D eigenvalue weighted by atomic mass is 9.84. The van der Waals surface area contributed by atoms with Crippen LogP contribution in [0.25, 0.3) is 17.5 Å². The number of imidazole rings is 1. The molecule has 2 atom stereocenters. The lowest BCUT2D eigenvalue weighted by Gasteiger charge is -2.36. The number of piperidine rings is 1. The summed E-state index contributed by atoms with van der Waals surface area (Å²) in [6.07, 6.45) is 5.28. The molecular weight excluding hydrogens is 585 g/mol. The van der Waals surface area contributed by atoms with Crippen molar-refractivity contribution in [3.05, 3.63) is 65.6 Å². The van der Waals surface area contributed by atoms with Crippen molar-refractivity contribution in [2.24, 2.45) is 10.9 Å². The van der Waals surface area contributed by atoms with Crippen molar-refractivity contribution in [2.75, 3.05) is 37.1 Å². The smallest absolute Gasteiger partial charge is 0.357 e. The number of pyridine rings is 1. The monoisotopic (exact) mass is 622 g/mol. The second-order valence-electron chi connectivity index (χ2n) is 11.8. The van der Waals surface area contributed by atoms with Crippen LogP contribution in [-0.4, -0.2) is 65.0 Å². The summed E-state index contributed by atoms with van der Waals surface area (Å²) in [7, 11) is 1.95. The van der Waals surface area contributed by atoms with Gasteiger partial charge in [0.1, 0.15) is 12.5 Å². The van der Waals surface area contributed by atoms with Crippen LogP contribution in [0.2, 0.25) is 0 Å². The molecule has 1 unspecified atom stereocenters. The SMILES string of the molecule is C=NC1c2c(-c3ccc(COCNc4cc(C(F)(F)F)ccn4)cc3)nc(N3CCC[C@H](NC(=O)C4CCC4)C3)n2C=CN1C. The molecule has 2 aliphatic heterocycles. The van der Waals surface area contributed by atoms with Crippen molar-refractivity contribution in [2.45, 2.75) is 57.1 Å². The summed E-state index contributed by atoms with van der Waals surface area (Å²) in [4.78, 5) is 30.4. The van der Waals surface area contributed by atoms with Gasteiger partial charge in [0.25, 0.3) is 0 Å². The zero-order valence-corrected chi connectivity index (χ0v) is 25.1. The standard InChI is InChI=1S/C32H37F3N8O2/c1-36-29-28-27(22-10-8-21(9-11-22)19-45-20-38-26-17-24(12-13-37-26)32(33,34)35)40-31(43(28)16-15-41(29)2)42-14-4-7-25(18-42)39-30(44)23-5-3-6-23/h8-13,15-17,23,25,29H,1,3-7,14,18-20H2,2H3,(H,37,38)(H,39,44)/t25-,29?/m0/s1. The highest BCUT2D eigenvalue weighted by Gasteiger charge is 2.34. The van der Waals surface area contributed by atoms with E-state index in [2.05, 4.69) is 36.8 Å². The number of halogens is 3. The number of hydrogen-bond acceptors (Lipinski definition) is 8. The van der Waals surface area contributed by atoms with E-state index in [1.165, 1.54) is 0 Å². The number of carbonyl (C=O) groups is 1. The molecule has 0 spiro atoms. The zero-order chi connectivity index (χ0) is 31.6. The molecule has 0 radical (unpaired) electrons. The van der Waals surface area contributed by atoms with Crippen LogP contribution in [0.3, 0.4) is 0 Å². The number of ether oxygens (including phenoxy) is 1. The van der Waals surface area contributed by atoms with Crippen molar-refractivity contribution < 1.29 is 22.7 Å². The number of benzene rings is 1. The Morgan fingerprint density at radius 1 is 1.13 bits per heavy atom. The van der Waals surface area contributed by atoms with E-state index in [0.717, 1.165) is 85.4 Å². The van der Waals surface area contributed by atoms with Crippen LogP contribution in [0.1, 0.15) is 55.1 Å². The Kier molecular flexibility index (Phi) is 8.79. The van der Waals surface area contributed by atoms with Gasteiger partial charge >= 0.3 is 6.18 Å². The second-order valence-corrected chi connectivity index (χ2v) is 11.8. The van der Waals surface area contributed by atoms with Crippen molar-refractivity contribution >= 4 is 30.6 Å². The Labute approximate surface area is 260 Å². The van der Waals surface area contributed by atoms with Crippen molar-refractivity contribution in [1.82, 2.24) is 24.8 Å². The van der Waals surface area contributed by atoms with Crippen molar-refractivity contribution in [3.63, 3.8) is 0 Å². The Bertz CT molecular complexity index is 1550. The van der Waals surface area contributed by atoms with Gasteiger partial charge in [0.2, 0.25) is 11.9 Å². The molecule has 45 heavy (non-hydrogen) atoms. The third-order valence-electron chi connectivity index (χ3n) is 8.65. The van der Waals surface area contributed by atoms with E-state index in [1.807, 2.05) is 48.6 Å². The third kappa shape index (κ3) is 6.68. The van der Waals surface area contributed by atoms with Crippen LogP contribution in [0.5, 0.6) is 0 Å². The number of aromatic nitrogens is 3. The number of amides is 1. The van der Waals surface area contributed by atoms with Gasteiger partial charge in [-0.1, -0.05) is 30.7 Å². The second kappa shape index (κ2) is 12.9. The number of aliphatic imine (C=N–C) groups is 1. The average Bonchev–Trinajstić information content (AvgIpc) is 3.38. The van der Waals surface area contributed by atoms with E-state index < -0.39 is 11.7 Å². The first-order chi connectivity index (χ1) is 21.7. The molecule has 1 aromatic carbocycles. The topological polar surface area (TPSA) is 99.9 Å². The van der Waals surface area contributed by atoms with Crippen LogP contribution < -0.4 is 15.5 Å². The van der Waals surface area contributed by atoms with E-state index >= 15 is 0 Å². The molecule has 1 saturated carbocycles. The highest BCUT2D eigenvalue weighted by atomic mass is 19.4. The van der Waals surface area contributed by atoms with Crippen LogP contribution in [0.4, 0.5) is 24.9 Å². The first kappa shape index (κ1) is 30.6. The van der Waals surface area contributed by atoms with Gasteiger partial charge in [-0.25, -0.2) is 9.97 Å². The fourth-order valence-corrected chi connectivity index (χ4v) is 5.95. The molecule has 10 nitrogen and oxygen atoms in total. The molecule has 1 amide bonds. The first-order valence-corrected chi connectivity index (χ1v) is 15.2. The van der Waals surface area contributed by atoms with E-state index in [0.29, 0.717) is 6.54 Å². The summed E-state index contributed by atoms with van der Waals surface area (Å²) in [5.74, 6) is 1.22. The average molecular weight is 623 g/mol. The minimum atomic E-state index is -4.44. The van der Waals surface area contributed by atoms with Gasteiger partial charge in [0.15, 0.2) is 6.17 Å². The Morgan fingerprint density at radius 3 is 2.64 bits per heavy atom. The predicted molar refractivity (Wildman–Crippen MR) is 166 cm³/mol. The van der Waals surface area contributed by atoms with Gasteiger partial charge < -0.3 is 25.2 Å². The molecule has 238 valence electrons. The van der Waals surface area contributed by atoms with E-state index in [-0.39, 0.29) is 43.2 Å². The normalized spacial score (nSPS) is 20.0. The van der Waals surface area contributed by atoms with Gasteiger partial charge in [-0.2, -0.15) is 13.2 Å². The molecule has 6 rings (SSSR count). The molecule has 1 saturated heterocycles. The van der Waals surface area contributed by atoms with E-state index in [1.54, 1.807) is 0 Å². The summed E-state index contributed by atoms with van der Waals surface area (Å²) < 4.78 is 46.6. The van der Waals surface area contributed by atoms with Crippen LogP contribution in [0, 0.1) is 5.92 Å². The highest BCUT2D eigenvalue weighted by molar-refractivity contribution is 5.79. The molecule has 1 aliphatic carbocycles. The lowest BCUT2D eigenvalue weighted by Crippen LogP contribution is -2.50. The van der Waals surface area contributed by atoms with Gasteiger partial charge in [0, 0.05) is 56.3 Å². The summed E-state index contributed by atoms with van der Waals surface area (Å²) in [5, 5.41) is 6.04. The Balaban J connectivity index is 1.15. The largest absolute Gasteiger partial charge is 0.416 e. The van der Waals surface area contributed by atoms with Crippen LogP contribution >= 0.6 is 0 Å². The lowest BCUT2D eigenvalue weighted by molar-refractivity contribution is -0.137. The zero-order valence-electron chi connectivity index (χ0n) is 25.1. The van der Waals surface area contributed by atoms with Crippen LogP contribution in [-0.2, 0) is 22.3 Å². The molecule has 3 aromatic rings. The Hall–Kier alpha value is -4.39. The fourth-order valence-electron chi connectivity index (χ4n) is 5.95. The number of alkyl halides is 3. The molecule has 2 N–H and O–H groups in total. The number of anilines is 2. The number of nitrogens with one attached hydrogen (secondary N) is 2. The molecule has 13 heteroatoms. The summed E-state index contributed by atoms with van der Waals surface area (Å²) >= 11 is 0. The molecule has 2 aromatic heterocycles. The quantitative estimate of drug-likeness (QED) is 0.175. The number of carbonyl (C=O) groups excluding carboxylic acids is 1. The maximum absolute atomic E-state index is 13.0. The molecule has 3 aliphatic rings. The molecule has 0 bridgehead atoms. The van der Waals surface area contributed by atoms with Crippen molar-refractivity contribution in [3.8, 4) is 11.3 Å². The molecule has 2 fully saturated rings. The maximum Gasteiger partial charge on any atom is 0.416 e. The summed E-state index contributed by atoms with van der Waals surface area (Å²) in [6, 6.07) is 9.78. The fraction of sp³-hybridized carbons (Fsp3) is 0.438. The number of hydrogen-bond donors (Lipinski definition) is 2. The predicted octanol–water partition coefficient (Wildman–Crippen LogP) is 5.51. The van der Waals surface area contributed by atoms with Gasteiger partial charge in [-0.05, 0) is 50.1 Å². The van der Waals surface area contributed by atoms with E-state index in [4.69, 9.17) is 9.72 Å². The number of nitrogens with zero attached hydrogens (tertiary/aromatic N) is 6. The number of rotatable bonds is 10. The van der Waals surface area contributed by atoms with Crippen LogP contribution in [0.15, 0.2) is 53.8 Å². The Morgan fingerprint density at radius 2 is 1.93 bits per heavy atom. The minimum absolute atomic E-state index is 0.00271. The molecular formula is C32H37F3N8O2. The first-order valence-electron chi connectivity index (χ1n) is 15.2. The van der Waals surface area contributed by atoms with Gasteiger partial charge in [-0.15, -0.1) is 0 Å². The van der Waals surface area contributed by atoms with E-state index in [9.17, 15) is 18.0 Å². The highest BCUT2D eigenvalue weighted by Crippen LogP contribution is 2.39.